The minimum Gasteiger partial charge on any atom is -0.377 e. The first-order valence-corrected chi connectivity index (χ1v) is 6.69. The molecule has 1 aliphatic rings. The van der Waals surface area contributed by atoms with Crippen molar-refractivity contribution in [3.8, 4) is 0 Å². The molecule has 0 saturated heterocycles. The van der Waals surface area contributed by atoms with Gasteiger partial charge in [-0.2, -0.15) is 0 Å². The molecular weight excluding hydrogens is 216 g/mol. The van der Waals surface area contributed by atoms with Crippen LogP contribution in [0, 0.1) is 0 Å². The van der Waals surface area contributed by atoms with Crippen LogP contribution in [0.4, 0.5) is 0 Å². The predicted molar refractivity (Wildman–Crippen MR) is 68.7 cm³/mol. The van der Waals surface area contributed by atoms with Gasteiger partial charge in [0.15, 0.2) is 0 Å². The molecule has 0 unspecified atom stereocenters. The molecule has 1 amide bonds. The summed E-state index contributed by atoms with van der Waals surface area (Å²) in [6.45, 7) is 5.12. The fourth-order valence-electron chi connectivity index (χ4n) is 2.30. The molecule has 0 spiro atoms. The maximum Gasteiger partial charge on any atom is 0.221 e. The van der Waals surface area contributed by atoms with Crippen molar-refractivity contribution in [2.45, 2.75) is 64.0 Å². The largest absolute Gasteiger partial charge is 0.377 e. The van der Waals surface area contributed by atoms with Crippen LogP contribution in [0.2, 0.25) is 0 Å². The van der Waals surface area contributed by atoms with E-state index in [-0.39, 0.29) is 17.6 Å². The fourth-order valence-corrected chi connectivity index (χ4v) is 2.30. The van der Waals surface area contributed by atoms with E-state index in [0.29, 0.717) is 19.6 Å². The van der Waals surface area contributed by atoms with Crippen LogP contribution in [0.3, 0.4) is 0 Å². The van der Waals surface area contributed by atoms with E-state index in [9.17, 15) is 4.79 Å². The van der Waals surface area contributed by atoms with Gasteiger partial charge in [0, 0.05) is 18.5 Å². The van der Waals surface area contributed by atoms with E-state index in [1.165, 1.54) is 6.42 Å². The third-order valence-electron chi connectivity index (χ3n) is 3.24. The Labute approximate surface area is 104 Å². The Morgan fingerprint density at radius 3 is 2.59 bits per heavy atom. The van der Waals surface area contributed by atoms with E-state index in [1.807, 2.05) is 13.8 Å². The predicted octanol–water partition coefficient (Wildman–Crippen LogP) is 1.58. The molecule has 4 nitrogen and oxygen atoms in total. The van der Waals surface area contributed by atoms with Gasteiger partial charge in [0.25, 0.3) is 0 Å². The van der Waals surface area contributed by atoms with Crippen molar-refractivity contribution in [2.75, 3.05) is 13.2 Å². The van der Waals surface area contributed by atoms with Gasteiger partial charge in [-0.05, 0) is 26.7 Å². The van der Waals surface area contributed by atoms with Crippen LogP contribution in [-0.2, 0) is 9.53 Å². The van der Waals surface area contributed by atoms with E-state index in [0.717, 1.165) is 25.7 Å². The smallest absolute Gasteiger partial charge is 0.221 e. The van der Waals surface area contributed by atoms with Gasteiger partial charge >= 0.3 is 0 Å². The lowest BCUT2D eigenvalue weighted by atomic mass is 9.80. The second kappa shape index (κ2) is 6.97. The first-order valence-electron chi connectivity index (χ1n) is 6.69. The van der Waals surface area contributed by atoms with Crippen molar-refractivity contribution in [1.29, 1.82) is 0 Å². The summed E-state index contributed by atoms with van der Waals surface area (Å²) in [5.41, 5.74) is 5.96. The Kier molecular flexibility index (Phi) is 5.92. The molecule has 1 rings (SSSR count). The Hall–Kier alpha value is -0.610. The lowest BCUT2D eigenvalue weighted by Crippen LogP contribution is -2.46. The third kappa shape index (κ3) is 6.03. The summed E-state index contributed by atoms with van der Waals surface area (Å²) >= 11 is 0. The molecule has 1 fully saturated rings. The van der Waals surface area contributed by atoms with Crippen LogP contribution in [-0.4, -0.2) is 30.7 Å². The van der Waals surface area contributed by atoms with Crippen LogP contribution >= 0.6 is 0 Å². The molecule has 0 radical (unpaired) electrons. The maximum atomic E-state index is 11.7. The quantitative estimate of drug-likeness (QED) is 0.695. The molecule has 0 aromatic heterocycles. The normalized spacial score (nSPS) is 19.3. The topological polar surface area (TPSA) is 64.3 Å². The molecule has 0 aromatic rings. The highest BCUT2D eigenvalue weighted by molar-refractivity contribution is 5.77. The second-order valence-corrected chi connectivity index (χ2v) is 5.37. The first-order chi connectivity index (χ1) is 8.02. The third-order valence-corrected chi connectivity index (χ3v) is 3.24. The highest BCUT2D eigenvalue weighted by Gasteiger charge is 2.29. The molecule has 3 N–H and O–H groups in total. The Morgan fingerprint density at radius 2 is 2.00 bits per heavy atom. The highest BCUT2D eigenvalue weighted by atomic mass is 16.5. The number of rotatable bonds is 6. The van der Waals surface area contributed by atoms with Crippen molar-refractivity contribution in [1.82, 2.24) is 5.32 Å². The van der Waals surface area contributed by atoms with E-state index < -0.39 is 0 Å². The van der Waals surface area contributed by atoms with Crippen molar-refractivity contribution in [3.05, 3.63) is 0 Å². The van der Waals surface area contributed by atoms with Crippen LogP contribution in [0.1, 0.15) is 52.4 Å². The van der Waals surface area contributed by atoms with Gasteiger partial charge in [0.2, 0.25) is 5.91 Å². The Morgan fingerprint density at radius 1 is 1.35 bits per heavy atom. The minimum absolute atomic E-state index is 0.0572. The Bertz CT molecular complexity index is 236. The van der Waals surface area contributed by atoms with Crippen LogP contribution in [0.5, 0.6) is 0 Å². The van der Waals surface area contributed by atoms with Gasteiger partial charge in [0.1, 0.15) is 0 Å². The molecule has 100 valence electrons. The molecule has 0 bridgehead atoms. The fraction of sp³-hybridized carbons (Fsp3) is 0.923. The highest BCUT2D eigenvalue weighted by Crippen LogP contribution is 2.28. The van der Waals surface area contributed by atoms with Gasteiger partial charge in [-0.3, -0.25) is 4.79 Å². The zero-order valence-corrected chi connectivity index (χ0v) is 11.1. The molecular formula is C13H26N2O2. The summed E-state index contributed by atoms with van der Waals surface area (Å²) in [4.78, 5) is 11.7. The lowest BCUT2D eigenvalue weighted by molar-refractivity contribution is -0.122. The van der Waals surface area contributed by atoms with Crippen molar-refractivity contribution in [3.63, 3.8) is 0 Å². The van der Waals surface area contributed by atoms with Crippen molar-refractivity contribution < 1.29 is 9.53 Å². The van der Waals surface area contributed by atoms with Gasteiger partial charge in [-0.15, -0.1) is 0 Å². The molecule has 0 aromatic carbocycles. The standard InChI is InChI=1S/C13H26N2O2/c1-11(2)17-9-8-15-12(16)10-13(14)6-4-3-5-7-13/h11H,3-10,14H2,1-2H3,(H,15,16). The van der Waals surface area contributed by atoms with Gasteiger partial charge < -0.3 is 15.8 Å². The summed E-state index contributed by atoms with van der Waals surface area (Å²) in [6, 6.07) is 0. The number of amides is 1. The maximum absolute atomic E-state index is 11.7. The molecule has 4 heteroatoms. The van der Waals surface area contributed by atoms with E-state index >= 15 is 0 Å². The number of hydrogen-bond acceptors (Lipinski definition) is 3. The summed E-state index contributed by atoms with van der Waals surface area (Å²) in [6.07, 6.45) is 6.18. The van der Waals surface area contributed by atoms with E-state index in [2.05, 4.69) is 5.32 Å². The van der Waals surface area contributed by atoms with Crippen LogP contribution in [0.15, 0.2) is 0 Å². The first kappa shape index (κ1) is 14.5. The number of nitrogens with two attached hydrogens (primary N) is 1. The van der Waals surface area contributed by atoms with E-state index in [4.69, 9.17) is 10.5 Å². The van der Waals surface area contributed by atoms with Crippen molar-refractivity contribution in [2.24, 2.45) is 5.73 Å². The average molecular weight is 242 g/mol. The van der Waals surface area contributed by atoms with Gasteiger partial charge in [-0.1, -0.05) is 19.3 Å². The number of ether oxygens (including phenoxy) is 1. The zero-order chi connectivity index (χ0) is 12.7. The molecule has 0 aliphatic heterocycles. The average Bonchev–Trinajstić information content (AvgIpc) is 2.24. The number of carbonyl (C=O) groups excluding carboxylic acids is 1. The SMILES string of the molecule is CC(C)OCCNC(=O)CC1(N)CCCCC1. The zero-order valence-electron chi connectivity index (χ0n) is 11.1. The Balaban J connectivity index is 2.15. The summed E-state index contributed by atoms with van der Waals surface area (Å²) in [7, 11) is 0. The van der Waals surface area contributed by atoms with Crippen LogP contribution in [0.25, 0.3) is 0 Å². The summed E-state index contributed by atoms with van der Waals surface area (Å²) in [5, 5.41) is 2.87. The second-order valence-electron chi connectivity index (χ2n) is 5.37. The molecule has 0 atom stereocenters. The molecule has 1 aliphatic carbocycles. The van der Waals surface area contributed by atoms with Gasteiger partial charge in [-0.25, -0.2) is 0 Å². The number of carbonyl (C=O) groups is 1. The summed E-state index contributed by atoms with van der Waals surface area (Å²) in [5.74, 6) is 0.0572. The van der Waals surface area contributed by atoms with Crippen LogP contribution < -0.4 is 11.1 Å². The number of nitrogens with one attached hydrogen (secondary N) is 1. The van der Waals surface area contributed by atoms with E-state index in [1.54, 1.807) is 0 Å². The molecule has 0 heterocycles. The molecule has 1 saturated carbocycles. The monoisotopic (exact) mass is 242 g/mol. The minimum atomic E-state index is -0.263. The molecule has 17 heavy (non-hydrogen) atoms. The van der Waals surface area contributed by atoms with Crippen molar-refractivity contribution >= 4 is 5.91 Å². The lowest BCUT2D eigenvalue weighted by Gasteiger charge is -2.32. The number of hydrogen-bond donors (Lipinski definition) is 2. The summed E-state index contributed by atoms with van der Waals surface area (Å²) < 4.78 is 5.36. The van der Waals surface area contributed by atoms with Gasteiger partial charge in [0.05, 0.1) is 12.7 Å².